The fourth-order valence-electron chi connectivity index (χ4n) is 2.34. The second kappa shape index (κ2) is 6.32. The zero-order chi connectivity index (χ0) is 14.5. The number of ether oxygens (including phenoxy) is 2. The van der Waals surface area contributed by atoms with Crippen LogP contribution < -0.4 is 14.4 Å². The molecule has 0 bridgehead atoms. The number of hydrogen-bond donors (Lipinski definition) is 0. The van der Waals surface area contributed by atoms with E-state index in [1.165, 1.54) is 6.08 Å². The number of carbonyl (C=O) groups is 1. The minimum absolute atomic E-state index is 0.00801. The molecule has 0 atom stereocenters. The Bertz CT molecular complexity index is 494. The van der Waals surface area contributed by atoms with Crippen molar-refractivity contribution in [3.8, 4) is 11.5 Å². The third-order valence-corrected chi connectivity index (χ3v) is 3.49. The van der Waals surface area contributed by atoms with Gasteiger partial charge in [-0.1, -0.05) is 6.58 Å². The van der Waals surface area contributed by atoms with Gasteiger partial charge in [-0.3, -0.25) is 4.79 Å². The second-order valence-corrected chi connectivity index (χ2v) is 4.55. The van der Waals surface area contributed by atoms with E-state index < -0.39 is 0 Å². The predicted octanol–water partition coefficient (Wildman–Crippen LogP) is 1.54. The molecule has 5 nitrogen and oxygen atoms in total. The van der Waals surface area contributed by atoms with Gasteiger partial charge in [0.2, 0.25) is 5.91 Å². The van der Waals surface area contributed by atoms with Gasteiger partial charge in [0.1, 0.15) is 11.5 Å². The molecule has 20 heavy (non-hydrogen) atoms. The quantitative estimate of drug-likeness (QED) is 0.782. The maximum absolute atomic E-state index is 11.6. The summed E-state index contributed by atoms with van der Waals surface area (Å²) in [6, 6.07) is 5.78. The van der Waals surface area contributed by atoms with Crippen molar-refractivity contribution in [1.82, 2.24) is 4.90 Å². The van der Waals surface area contributed by atoms with Crippen LogP contribution >= 0.6 is 0 Å². The molecule has 1 aliphatic heterocycles. The number of anilines is 1. The van der Waals surface area contributed by atoms with Gasteiger partial charge in [-0.05, 0) is 18.2 Å². The van der Waals surface area contributed by atoms with E-state index >= 15 is 0 Å². The predicted molar refractivity (Wildman–Crippen MR) is 78.5 cm³/mol. The molecule has 0 N–H and O–H groups in total. The Labute approximate surface area is 119 Å². The van der Waals surface area contributed by atoms with Gasteiger partial charge in [-0.15, -0.1) is 0 Å². The summed E-state index contributed by atoms with van der Waals surface area (Å²) in [5.74, 6) is 1.55. The third-order valence-electron chi connectivity index (χ3n) is 3.49. The molecular weight excluding hydrogens is 256 g/mol. The molecule has 0 aliphatic carbocycles. The number of rotatable bonds is 4. The molecule has 1 aromatic rings. The highest BCUT2D eigenvalue weighted by atomic mass is 16.5. The van der Waals surface area contributed by atoms with Gasteiger partial charge >= 0.3 is 0 Å². The highest BCUT2D eigenvalue weighted by molar-refractivity contribution is 5.87. The monoisotopic (exact) mass is 276 g/mol. The lowest BCUT2D eigenvalue weighted by Gasteiger charge is -2.36. The molecule has 1 heterocycles. The SMILES string of the molecule is C=CC(=O)N1CCN(c2ccc(OC)cc2OC)CC1. The van der Waals surface area contributed by atoms with E-state index in [1.54, 1.807) is 19.1 Å². The number of nitrogens with zero attached hydrogens (tertiary/aromatic N) is 2. The van der Waals surface area contributed by atoms with E-state index in [9.17, 15) is 4.79 Å². The van der Waals surface area contributed by atoms with Crippen molar-refractivity contribution in [2.24, 2.45) is 0 Å². The molecule has 0 radical (unpaired) electrons. The Balaban J connectivity index is 2.10. The molecule has 1 amide bonds. The molecule has 1 saturated heterocycles. The number of hydrogen-bond acceptors (Lipinski definition) is 4. The van der Waals surface area contributed by atoms with E-state index in [0.29, 0.717) is 13.1 Å². The van der Waals surface area contributed by atoms with Gasteiger partial charge in [0.15, 0.2) is 0 Å². The summed E-state index contributed by atoms with van der Waals surface area (Å²) in [6.45, 7) is 6.47. The minimum Gasteiger partial charge on any atom is -0.497 e. The first-order valence-corrected chi connectivity index (χ1v) is 6.58. The normalized spacial score (nSPS) is 14.9. The van der Waals surface area contributed by atoms with E-state index in [2.05, 4.69) is 11.5 Å². The zero-order valence-corrected chi connectivity index (χ0v) is 12.0. The summed E-state index contributed by atoms with van der Waals surface area (Å²) in [5, 5.41) is 0. The van der Waals surface area contributed by atoms with Crippen LogP contribution in [0, 0.1) is 0 Å². The Hall–Kier alpha value is -2.17. The van der Waals surface area contributed by atoms with Crippen LogP contribution in [0.3, 0.4) is 0 Å². The first-order valence-electron chi connectivity index (χ1n) is 6.58. The highest BCUT2D eigenvalue weighted by Crippen LogP contribution is 2.32. The zero-order valence-electron chi connectivity index (χ0n) is 12.0. The number of piperazine rings is 1. The lowest BCUT2D eigenvalue weighted by Crippen LogP contribution is -2.48. The molecule has 108 valence electrons. The lowest BCUT2D eigenvalue weighted by molar-refractivity contribution is -0.126. The fourth-order valence-corrected chi connectivity index (χ4v) is 2.34. The Morgan fingerprint density at radius 2 is 1.90 bits per heavy atom. The van der Waals surface area contributed by atoms with Crippen molar-refractivity contribution in [3.63, 3.8) is 0 Å². The van der Waals surface area contributed by atoms with E-state index in [4.69, 9.17) is 9.47 Å². The van der Waals surface area contributed by atoms with Crippen molar-refractivity contribution in [3.05, 3.63) is 30.9 Å². The standard InChI is InChI=1S/C15H20N2O3/c1-4-15(18)17-9-7-16(8-10-17)13-6-5-12(19-2)11-14(13)20-3/h4-6,11H,1,7-10H2,2-3H3. The fraction of sp³-hybridized carbons (Fsp3) is 0.400. The molecule has 1 aromatic carbocycles. The third kappa shape index (κ3) is 2.87. The molecule has 1 aliphatic rings. The lowest BCUT2D eigenvalue weighted by atomic mass is 10.2. The van der Waals surface area contributed by atoms with Gasteiger partial charge in [0, 0.05) is 32.2 Å². The summed E-state index contributed by atoms with van der Waals surface area (Å²) in [4.78, 5) is 15.6. The van der Waals surface area contributed by atoms with Gasteiger partial charge in [-0.2, -0.15) is 0 Å². The van der Waals surface area contributed by atoms with Crippen molar-refractivity contribution in [2.45, 2.75) is 0 Å². The molecule has 2 rings (SSSR count). The van der Waals surface area contributed by atoms with Gasteiger partial charge in [0.05, 0.1) is 19.9 Å². The second-order valence-electron chi connectivity index (χ2n) is 4.55. The first kappa shape index (κ1) is 14.2. The van der Waals surface area contributed by atoms with E-state index in [-0.39, 0.29) is 5.91 Å². The van der Waals surface area contributed by atoms with Crippen molar-refractivity contribution >= 4 is 11.6 Å². The Morgan fingerprint density at radius 3 is 2.45 bits per heavy atom. The average molecular weight is 276 g/mol. The summed E-state index contributed by atoms with van der Waals surface area (Å²) in [7, 11) is 3.28. The Kier molecular flexibility index (Phi) is 4.50. The molecule has 0 aromatic heterocycles. The molecule has 5 heteroatoms. The Morgan fingerprint density at radius 1 is 1.20 bits per heavy atom. The number of carbonyl (C=O) groups excluding carboxylic acids is 1. The number of benzene rings is 1. The van der Waals surface area contributed by atoms with Crippen LogP contribution in [0.1, 0.15) is 0 Å². The molecular formula is C15H20N2O3. The summed E-state index contributed by atoms with van der Waals surface area (Å²) < 4.78 is 10.6. The largest absolute Gasteiger partial charge is 0.497 e. The maximum atomic E-state index is 11.6. The summed E-state index contributed by atoms with van der Waals surface area (Å²) in [6.07, 6.45) is 1.36. The molecule has 0 saturated carbocycles. The maximum Gasteiger partial charge on any atom is 0.246 e. The molecule has 1 fully saturated rings. The first-order chi connectivity index (χ1) is 9.69. The highest BCUT2D eigenvalue weighted by Gasteiger charge is 2.21. The van der Waals surface area contributed by atoms with Gasteiger partial charge < -0.3 is 19.3 Å². The van der Waals surface area contributed by atoms with Crippen LogP contribution in [0.5, 0.6) is 11.5 Å². The van der Waals surface area contributed by atoms with E-state index in [1.807, 2.05) is 18.2 Å². The number of amides is 1. The van der Waals surface area contributed by atoms with Gasteiger partial charge in [-0.25, -0.2) is 0 Å². The van der Waals surface area contributed by atoms with Crippen molar-refractivity contribution in [2.75, 3.05) is 45.3 Å². The summed E-state index contributed by atoms with van der Waals surface area (Å²) >= 11 is 0. The summed E-state index contributed by atoms with van der Waals surface area (Å²) in [5.41, 5.74) is 1.03. The van der Waals surface area contributed by atoms with Crippen molar-refractivity contribution in [1.29, 1.82) is 0 Å². The molecule has 0 unspecified atom stereocenters. The topological polar surface area (TPSA) is 42.0 Å². The van der Waals surface area contributed by atoms with E-state index in [0.717, 1.165) is 30.3 Å². The van der Waals surface area contributed by atoms with Crippen molar-refractivity contribution < 1.29 is 14.3 Å². The van der Waals surface area contributed by atoms with Gasteiger partial charge in [0.25, 0.3) is 0 Å². The van der Waals surface area contributed by atoms with Crippen LogP contribution in [0.25, 0.3) is 0 Å². The van der Waals surface area contributed by atoms with Crippen LogP contribution in [0.15, 0.2) is 30.9 Å². The molecule has 0 spiro atoms. The number of methoxy groups -OCH3 is 2. The smallest absolute Gasteiger partial charge is 0.246 e. The van der Waals surface area contributed by atoms with Crippen LogP contribution in [0.4, 0.5) is 5.69 Å². The van der Waals surface area contributed by atoms with Crippen LogP contribution in [-0.4, -0.2) is 51.2 Å². The van der Waals surface area contributed by atoms with Crippen LogP contribution in [0.2, 0.25) is 0 Å². The minimum atomic E-state index is -0.00801. The van der Waals surface area contributed by atoms with Crippen LogP contribution in [-0.2, 0) is 4.79 Å². The average Bonchev–Trinajstić information content (AvgIpc) is 2.53.